The molecule has 1 aromatic carbocycles. The highest BCUT2D eigenvalue weighted by molar-refractivity contribution is 9.10. The number of carbonyl (C=O) groups excluding carboxylic acids is 1. The molecule has 0 aliphatic rings. The van der Waals surface area contributed by atoms with E-state index >= 15 is 0 Å². The van der Waals surface area contributed by atoms with E-state index in [2.05, 4.69) is 44.8 Å². The molecule has 0 radical (unpaired) electrons. The summed E-state index contributed by atoms with van der Waals surface area (Å²) in [6.45, 7) is 4.12. The zero-order valence-corrected chi connectivity index (χ0v) is 15.9. The second-order valence-electron chi connectivity index (χ2n) is 5.79. The van der Waals surface area contributed by atoms with Crippen LogP contribution in [0.15, 0.2) is 34.1 Å². The summed E-state index contributed by atoms with van der Waals surface area (Å²) in [6.07, 6.45) is 0.661. The predicted molar refractivity (Wildman–Crippen MR) is 101 cm³/mol. The molecule has 1 aromatic heterocycles. The number of hydrogen-bond donors (Lipinski definition) is 2. The van der Waals surface area contributed by atoms with Crippen LogP contribution in [0.3, 0.4) is 0 Å². The Labute approximate surface area is 154 Å². The second-order valence-corrected chi connectivity index (χ2v) is 7.33. The maximum absolute atomic E-state index is 12.3. The van der Waals surface area contributed by atoms with E-state index in [4.69, 9.17) is 5.26 Å². The van der Waals surface area contributed by atoms with Crippen molar-refractivity contribution in [3.63, 3.8) is 0 Å². The molecule has 0 aliphatic carbocycles. The molecular formula is C17H19BrN4OS. The van der Waals surface area contributed by atoms with E-state index in [1.165, 1.54) is 11.5 Å². The Hall–Kier alpha value is -1.91. The van der Waals surface area contributed by atoms with Gasteiger partial charge in [0, 0.05) is 15.4 Å². The number of benzene rings is 1. The zero-order chi connectivity index (χ0) is 17.5. The number of rotatable bonds is 7. The first kappa shape index (κ1) is 18.4. The van der Waals surface area contributed by atoms with E-state index in [-0.39, 0.29) is 12.5 Å². The Balaban J connectivity index is 2.20. The van der Waals surface area contributed by atoms with Gasteiger partial charge in [0.25, 0.3) is 0 Å². The molecule has 1 amide bonds. The summed E-state index contributed by atoms with van der Waals surface area (Å²) in [5.41, 5.74) is 2.00. The Morgan fingerprint density at radius 3 is 2.71 bits per heavy atom. The van der Waals surface area contributed by atoms with Crippen LogP contribution in [-0.2, 0) is 4.79 Å². The summed E-state index contributed by atoms with van der Waals surface area (Å²) < 4.78 is 5.41. The molecule has 1 heterocycles. The van der Waals surface area contributed by atoms with E-state index in [1.807, 2.05) is 35.7 Å². The number of hydrogen-bond acceptors (Lipinski definition) is 5. The molecule has 0 bridgehead atoms. The third-order valence-corrected chi connectivity index (χ3v) is 4.56. The van der Waals surface area contributed by atoms with Crippen LogP contribution in [0.2, 0.25) is 0 Å². The fourth-order valence-electron chi connectivity index (χ4n) is 2.29. The lowest BCUT2D eigenvalue weighted by Crippen LogP contribution is -2.40. The lowest BCUT2D eigenvalue weighted by molar-refractivity contribution is -0.121. The molecule has 0 unspecified atom stereocenters. The van der Waals surface area contributed by atoms with Gasteiger partial charge in [0.1, 0.15) is 18.4 Å². The highest BCUT2D eigenvalue weighted by Gasteiger charge is 2.22. The first-order valence-corrected chi connectivity index (χ1v) is 9.25. The molecule has 1 atom stereocenters. The van der Waals surface area contributed by atoms with Crippen LogP contribution < -0.4 is 10.6 Å². The van der Waals surface area contributed by atoms with Crippen LogP contribution >= 0.6 is 27.5 Å². The summed E-state index contributed by atoms with van der Waals surface area (Å²) in [7, 11) is 0. The minimum atomic E-state index is -0.422. The molecule has 126 valence electrons. The Kier molecular flexibility index (Phi) is 6.76. The SMILES string of the molecule is CC(C)C[C@H](Nc1nscc1-c1ccc(Br)cc1)C(=O)NCC#N. The standard InChI is InChI=1S/C17H19BrN4OS/c1-11(2)9-15(17(23)20-8-7-19)21-16-14(10-24-22-16)12-3-5-13(18)6-4-12/h3-6,10-11,15H,8-9H2,1-2H3,(H,20,23)(H,21,22)/t15-/m0/s1. The number of nitrogens with one attached hydrogen (secondary N) is 2. The van der Waals surface area contributed by atoms with E-state index in [1.54, 1.807) is 0 Å². The van der Waals surface area contributed by atoms with Gasteiger partial charge in [-0.05, 0) is 41.6 Å². The van der Waals surface area contributed by atoms with Crippen molar-refractivity contribution in [2.75, 3.05) is 11.9 Å². The first-order valence-electron chi connectivity index (χ1n) is 7.62. The lowest BCUT2D eigenvalue weighted by atomic mass is 10.0. The molecule has 0 saturated carbocycles. The van der Waals surface area contributed by atoms with Gasteiger partial charge in [-0.3, -0.25) is 4.79 Å². The van der Waals surface area contributed by atoms with Gasteiger partial charge in [-0.25, -0.2) is 0 Å². The topological polar surface area (TPSA) is 77.8 Å². The van der Waals surface area contributed by atoms with Gasteiger partial charge in [-0.1, -0.05) is 41.9 Å². The number of anilines is 1. The molecule has 0 aliphatic heterocycles. The van der Waals surface area contributed by atoms with Crippen molar-refractivity contribution in [3.05, 3.63) is 34.1 Å². The molecule has 5 nitrogen and oxygen atoms in total. The van der Waals surface area contributed by atoms with E-state index < -0.39 is 6.04 Å². The second kappa shape index (κ2) is 8.81. The molecule has 2 N–H and O–H groups in total. The molecular weight excluding hydrogens is 388 g/mol. The van der Waals surface area contributed by atoms with Crippen molar-refractivity contribution < 1.29 is 4.79 Å². The maximum Gasteiger partial charge on any atom is 0.243 e. The smallest absolute Gasteiger partial charge is 0.243 e. The van der Waals surface area contributed by atoms with Gasteiger partial charge >= 0.3 is 0 Å². The number of halogens is 1. The lowest BCUT2D eigenvalue weighted by Gasteiger charge is -2.20. The van der Waals surface area contributed by atoms with Crippen molar-refractivity contribution in [1.82, 2.24) is 9.69 Å². The fraction of sp³-hybridized carbons (Fsp3) is 0.353. The van der Waals surface area contributed by atoms with Gasteiger partial charge in [0.05, 0.1) is 6.07 Å². The van der Waals surface area contributed by atoms with Crippen LogP contribution in [0, 0.1) is 17.2 Å². The van der Waals surface area contributed by atoms with Crippen LogP contribution in [-0.4, -0.2) is 22.9 Å². The highest BCUT2D eigenvalue weighted by Crippen LogP contribution is 2.30. The van der Waals surface area contributed by atoms with Crippen molar-refractivity contribution in [3.8, 4) is 17.2 Å². The van der Waals surface area contributed by atoms with Gasteiger partial charge in [0.2, 0.25) is 5.91 Å². The summed E-state index contributed by atoms with van der Waals surface area (Å²) in [5.74, 6) is 0.852. The third-order valence-electron chi connectivity index (χ3n) is 3.40. The monoisotopic (exact) mass is 406 g/mol. The van der Waals surface area contributed by atoms with Crippen molar-refractivity contribution in [2.24, 2.45) is 5.92 Å². The highest BCUT2D eigenvalue weighted by atomic mass is 79.9. The van der Waals surface area contributed by atoms with Gasteiger partial charge in [-0.15, -0.1) is 0 Å². The quantitative estimate of drug-likeness (QED) is 0.680. The van der Waals surface area contributed by atoms with Crippen LogP contribution in [0.4, 0.5) is 5.82 Å². The number of amides is 1. The van der Waals surface area contributed by atoms with E-state index in [0.29, 0.717) is 18.2 Å². The van der Waals surface area contributed by atoms with E-state index in [9.17, 15) is 4.79 Å². The summed E-state index contributed by atoms with van der Waals surface area (Å²) >= 11 is 4.78. The minimum Gasteiger partial charge on any atom is -0.357 e. The van der Waals surface area contributed by atoms with Crippen molar-refractivity contribution >= 4 is 39.2 Å². The average Bonchev–Trinajstić information content (AvgIpc) is 3.00. The maximum atomic E-state index is 12.3. The molecule has 7 heteroatoms. The Morgan fingerprint density at radius 1 is 1.38 bits per heavy atom. The Bertz CT molecular complexity index is 721. The van der Waals surface area contributed by atoms with Gasteiger partial charge in [-0.2, -0.15) is 9.64 Å². The summed E-state index contributed by atoms with van der Waals surface area (Å²) in [4.78, 5) is 12.3. The number of carbonyl (C=O) groups is 1. The number of aromatic nitrogens is 1. The molecule has 0 fully saturated rings. The molecule has 24 heavy (non-hydrogen) atoms. The summed E-state index contributed by atoms with van der Waals surface area (Å²) in [5, 5.41) is 16.5. The van der Waals surface area contributed by atoms with E-state index in [0.717, 1.165) is 15.6 Å². The average molecular weight is 407 g/mol. The molecule has 0 saturated heterocycles. The predicted octanol–water partition coefficient (Wildman–Crippen LogP) is 4.04. The molecule has 2 aromatic rings. The third kappa shape index (κ3) is 5.05. The summed E-state index contributed by atoms with van der Waals surface area (Å²) in [6, 6.07) is 9.47. The first-order chi connectivity index (χ1) is 11.5. The van der Waals surface area contributed by atoms with Crippen LogP contribution in [0.25, 0.3) is 11.1 Å². The van der Waals surface area contributed by atoms with Gasteiger partial charge in [0.15, 0.2) is 0 Å². The van der Waals surface area contributed by atoms with Crippen LogP contribution in [0.5, 0.6) is 0 Å². The fourth-order valence-corrected chi connectivity index (χ4v) is 3.22. The zero-order valence-electron chi connectivity index (χ0n) is 13.5. The number of nitrogens with zero attached hydrogens (tertiary/aromatic N) is 2. The van der Waals surface area contributed by atoms with Crippen LogP contribution in [0.1, 0.15) is 20.3 Å². The van der Waals surface area contributed by atoms with Gasteiger partial charge < -0.3 is 10.6 Å². The normalized spacial score (nSPS) is 11.8. The Morgan fingerprint density at radius 2 is 2.08 bits per heavy atom. The van der Waals surface area contributed by atoms with Crippen molar-refractivity contribution in [2.45, 2.75) is 26.3 Å². The molecule has 2 rings (SSSR count). The number of nitriles is 1. The minimum absolute atomic E-state index is 0.00570. The van der Waals surface area contributed by atoms with Crippen molar-refractivity contribution in [1.29, 1.82) is 5.26 Å². The molecule has 0 spiro atoms. The largest absolute Gasteiger partial charge is 0.357 e.